The smallest absolute Gasteiger partial charge is 0.322 e. The van der Waals surface area contributed by atoms with Crippen LogP contribution in [0.5, 0.6) is 0 Å². The molecule has 0 radical (unpaired) electrons. The molecule has 2 N–H and O–H groups in total. The van der Waals surface area contributed by atoms with Gasteiger partial charge < -0.3 is 15.5 Å². The maximum absolute atomic E-state index is 13.4. The van der Waals surface area contributed by atoms with E-state index in [9.17, 15) is 14.4 Å². The van der Waals surface area contributed by atoms with E-state index in [0.717, 1.165) is 28.1 Å². The lowest BCUT2D eigenvalue weighted by Gasteiger charge is -2.33. The van der Waals surface area contributed by atoms with E-state index in [1.54, 1.807) is 16.0 Å². The maximum Gasteiger partial charge on any atom is 0.322 e. The van der Waals surface area contributed by atoms with Crippen LogP contribution in [0.3, 0.4) is 0 Å². The molecule has 1 aromatic heterocycles. The summed E-state index contributed by atoms with van der Waals surface area (Å²) >= 11 is 0. The van der Waals surface area contributed by atoms with E-state index in [4.69, 9.17) is 0 Å². The first-order chi connectivity index (χ1) is 15.9. The normalized spacial score (nSPS) is 17.8. The van der Waals surface area contributed by atoms with Crippen molar-refractivity contribution in [2.75, 3.05) is 19.6 Å². The quantitative estimate of drug-likeness (QED) is 0.682. The summed E-state index contributed by atoms with van der Waals surface area (Å²) in [6.07, 6.45) is 1.86. The number of rotatable bonds is 7. The number of benzene rings is 1. The number of likely N-dealkylation sites (N-methyl/N-ethyl adjacent to an activating group) is 1. The molecule has 3 heterocycles. The highest BCUT2D eigenvalue weighted by molar-refractivity contribution is 6.01. The average Bonchev–Trinajstić information content (AvgIpc) is 3.12. The minimum absolute atomic E-state index is 0.133. The van der Waals surface area contributed by atoms with Crippen LogP contribution >= 0.6 is 0 Å². The van der Waals surface area contributed by atoms with Crippen LogP contribution in [0.15, 0.2) is 53.9 Å². The van der Waals surface area contributed by atoms with E-state index in [0.29, 0.717) is 25.2 Å². The lowest BCUT2D eigenvalue weighted by atomic mass is 9.91. The van der Waals surface area contributed by atoms with Gasteiger partial charge in [-0.1, -0.05) is 29.8 Å². The number of nitrogens with one attached hydrogen (secondary N) is 2. The molecule has 0 saturated carbocycles. The van der Waals surface area contributed by atoms with Crippen molar-refractivity contribution in [3.8, 4) is 0 Å². The molecule has 1 aromatic carbocycles. The second kappa shape index (κ2) is 9.44. The van der Waals surface area contributed by atoms with Crippen LogP contribution in [0.1, 0.15) is 41.8 Å². The molecular weight excluding hydrogens is 418 g/mol. The molecule has 8 nitrogen and oxygen atoms in total. The Bertz CT molecular complexity index is 1110. The first-order valence-corrected chi connectivity index (χ1v) is 11.2. The zero-order valence-corrected chi connectivity index (χ0v) is 19.2. The summed E-state index contributed by atoms with van der Waals surface area (Å²) in [6, 6.07) is 10.9. The first kappa shape index (κ1) is 22.5. The number of hydrogen-bond donors (Lipinski definition) is 2. The minimum Gasteiger partial charge on any atom is -0.350 e. The van der Waals surface area contributed by atoms with Crippen LogP contribution in [0.4, 0.5) is 4.79 Å². The van der Waals surface area contributed by atoms with Crippen LogP contribution < -0.4 is 10.6 Å². The standard InChI is InChI=1S/C25H29N5O3/c1-4-30-20-15-29(12-10-21(31)27-14-18-7-5-6-11-26-18)24(32)22(20)23(28-25(30)33)19-9-8-16(2)13-17(19)3/h5-9,11,13,23H,4,10,12,14-15H2,1-3H3,(H,27,31)(H,28,33)/t23-/m1/s1. The Morgan fingerprint density at radius 2 is 2.03 bits per heavy atom. The van der Waals surface area contributed by atoms with Crippen molar-refractivity contribution in [1.82, 2.24) is 25.4 Å². The van der Waals surface area contributed by atoms with Gasteiger partial charge >= 0.3 is 6.03 Å². The van der Waals surface area contributed by atoms with E-state index < -0.39 is 6.04 Å². The zero-order chi connectivity index (χ0) is 23.5. The van der Waals surface area contributed by atoms with Gasteiger partial charge in [0.1, 0.15) is 0 Å². The molecule has 8 heteroatoms. The van der Waals surface area contributed by atoms with Gasteiger partial charge in [-0.3, -0.25) is 19.5 Å². The van der Waals surface area contributed by atoms with Crippen LogP contribution in [0, 0.1) is 13.8 Å². The van der Waals surface area contributed by atoms with Crippen molar-refractivity contribution in [2.24, 2.45) is 0 Å². The van der Waals surface area contributed by atoms with Gasteiger partial charge in [0.2, 0.25) is 5.91 Å². The lowest BCUT2D eigenvalue weighted by molar-refractivity contribution is -0.127. The molecule has 172 valence electrons. The van der Waals surface area contributed by atoms with E-state index in [1.807, 2.05) is 51.1 Å². The van der Waals surface area contributed by atoms with E-state index >= 15 is 0 Å². The Balaban J connectivity index is 1.48. The van der Waals surface area contributed by atoms with E-state index in [1.165, 1.54) is 0 Å². The Morgan fingerprint density at radius 1 is 1.21 bits per heavy atom. The largest absolute Gasteiger partial charge is 0.350 e. The third-order valence-corrected chi connectivity index (χ3v) is 6.15. The highest BCUT2D eigenvalue weighted by Crippen LogP contribution is 2.37. The summed E-state index contributed by atoms with van der Waals surface area (Å²) in [7, 11) is 0. The number of carbonyl (C=O) groups is 3. The molecule has 0 spiro atoms. The van der Waals surface area contributed by atoms with E-state index in [-0.39, 0.29) is 30.8 Å². The highest BCUT2D eigenvalue weighted by atomic mass is 16.2. The van der Waals surface area contributed by atoms with Crippen molar-refractivity contribution in [3.63, 3.8) is 0 Å². The molecule has 2 aliphatic rings. The Labute approximate surface area is 193 Å². The fourth-order valence-electron chi connectivity index (χ4n) is 4.46. The summed E-state index contributed by atoms with van der Waals surface area (Å²) < 4.78 is 0. The number of amides is 4. The number of nitrogens with zero attached hydrogens (tertiary/aromatic N) is 3. The molecule has 4 amide bonds. The Morgan fingerprint density at radius 3 is 2.73 bits per heavy atom. The third-order valence-electron chi connectivity index (χ3n) is 6.15. The summed E-state index contributed by atoms with van der Waals surface area (Å²) in [5.41, 5.74) is 5.17. The molecule has 0 unspecified atom stereocenters. The topological polar surface area (TPSA) is 94.6 Å². The SMILES string of the molecule is CCN1C(=O)N[C@H](c2ccc(C)cc2C)C2=C1CN(CCC(=O)NCc1ccccn1)C2=O. The summed E-state index contributed by atoms with van der Waals surface area (Å²) in [5, 5.41) is 5.86. The van der Waals surface area contributed by atoms with Gasteiger partial charge in [0, 0.05) is 25.7 Å². The number of aromatic nitrogens is 1. The molecule has 0 fully saturated rings. The van der Waals surface area contributed by atoms with Gasteiger partial charge in [0.05, 0.1) is 36.1 Å². The van der Waals surface area contributed by atoms with Gasteiger partial charge in [0.25, 0.3) is 5.91 Å². The van der Waals surface area contributed by atoms with Crippen LogP contribution in [-0.4, -0.2) is 52.3 Å². The van der Waals surface area contributed by atoms with Crippen molar-refractivity contribution in [3.05, 3.63) is 76.2 Å². The third kappa shape index (κ3) is 4.60. The molecule has 2 aliphatic heterocycles. The fraction of sp³-hybridized carbons (Fsp3) is 0.360. The zero-order valence-electron chi connectivity index (χ0n) is 19.2. The predicted molar refractivity (Wildman–Crippen MR) is 124 cm³/mol. The van der Waals surface area contributed by atoms with E-state index in [2.05, 4.69) is 21.7 Å². The van der Waals surface area contributed by atoms with Crippen LogP contribution in [0.2, 0.25) is 0 Å². The van der Waals surface area contributed by atoms with Gasteiger partial charge in [-0.15, -0.1) is 0 Å². The average molecular weight is 448 g/mol. The second-order valence-corrected chi connectivity index (χ2v) is 8.42. The highest BCUT2D eigenvalue weighted by Gasteiger charge is 2.43. The van der Waals surface area contributed by atoms with Gasteiger partial charge in [-0.2, -0.15) is 0 Å². The van der Waals surface area contributed by atoms with Crippen molar-refractivity contribution >= 4 is 17.8 Å². The van der Waals surface area contributed by atoms with Gasteiger partial charge in [0.15, 0.2) is 0 Å². The number of aryl methyl sites for hydroxylation is 2. The second-order valence-electron chi connectivity index (χ2n) is 8.42. The van der Waals surface area contributed by atoms with Crippen molar-refractivity contribution in [1.29, 1.82) is 0 Å². The van der Waals surface area contributed by atoms with Gasteiger partial charge in [-0.05, 0) is 44.0 Å². The minimum atomic E-state index is -0.494. The summed E-state index contributed by atoms with van der Waals surface area (Å²) in [4.78, 5) is 46.1. The number of pyridine rings is 1. The molecule has 2 aromatic rings. The lowest BCUT2D eigenvalue weighted by Crippen LogP contribution is -2.47. The van der Waals surface area contributed by atoms with Crippen LogP contribution in [0.25, 0.3) is 0 Å². The molecule has 1 atom stereocenters. The number of urea groups is 1. The Kier molecular flexibility index (Phi) is 6.44. The maximum atomic E-state index is 13.4. The van der Waals surface area contributed by atoms with Gasteiger partial charge in [-0.25, -0.2) is 4.79 Å². The van der Waals surface area contributed by atoms with Crippen molar-refractivity contribution in [2.45, 2.75) is 39.8 Å². The summed E-state index contributed by atoms with van der Waals surface area (Å²) in [5.74, 6) is -0.281. The molecule has 4 rings (SSSR count). The summed E-state index contributed by atoms with van der Waals surface area (Å²) in [6.45, 7) is 7.32. The predicted octanol–water partition coefficient (Wildman–Crippen LogP) is 2.59. The molecule has 33 heavy (non-hydrogen) atoms. The Hall–Kier alpha value is -3.68. The van der Waals surface area contributed by atoms with Crippen molar-refractivity contribution < 1.29 is 14.4 Å². The monoisotopic (exact) mass is 447 g/mol. The van der Waals surface area contributed by atoms with Crippen LogP contribution in [-0.2, 0) is 16.1 Å². The molecule has 0 bridgehead atoms. The number of hydrogen-bond acceptors (Lipinski definition) is 4. The number of carbonyl (C=O) groups excluding carboxylic acids is 3. The first-order valence-electron chi connectivity index (χ1n) is 11.2. The fourth-order valence-corrected chi connectivity index (χ4v) is 4.46. The molecular formula is C25H29N5O3. The molecule has 0 saturated heterocycles. The molecule has 0 aliphatic carbocycles.